The first-order chi connectivity index (χ1) is 7.69. The van der Waals surface area contributed by atoms with Crippen molar-refractivity contribution in [2.24, 2.45) is 0 Å². The summed E-state index contributed by atoms with van der Waals surface area (Å²) in [6.45, 7) is 2.18. The van der Waals surface area contributed by atoms with Crippen LogP contribution in [0.2, 0.25) is 0 Å². The summed E-state index contributed by atoms with van der Waals surface area (Å²) in [6.07, 6.45) is 7.73. The van der Waals surface area contributed by atoms with Crippen LogP contribution < -0.4 is 0 Å². The minimum absolute atomic E-state index is 0.141. The third-order valence-corrected chi connectivity index (χ3v) is 3.82. The van der Waals surface area contributed by atoms with E-state index in [-0.39, 0.29) is 23.6 Å². The lowest BCUT2D eigenvalue weighted by Gasteiger charge is -2.12. The Balaban J connectivity index is 2.05. The van der Waals surface area contributed by atoms with Crippen LogP contribution in [0.5, 0.6) is 0 Å². The molecular formula is C12H21BrO3. The second-order valence-electron chi connectivity index (χ2n) is 4.16. The zero-order chi connectivity index (χ0) is 12.0. The van der Waals surface area contributed by atoms with Gasteiger partial charge in [0.05, 0.1) is 18.3 Å². The van der Waals surface area contributed by atoms with Gasteiger partial charge in [0.25, 0.3) is 0 Å². The largest absolute Gasteiger partial charge is 0.396 e. The van der Waals surface area contributed by atoms with E-state index in [1.165, 1.54) is 0 Å². The molecule has 3 nitrogen and oxygen atoms in total. The van der Waals surface area contributed by atoms with E-state index in [4.69, 9.17) is 9.84 Å². The molecule has 0 aromatic rings. The maximum atomic E-state index is 9.53. The number of alkyl halides is 1. The summed E-state index contributed by atoms with van der Waals surface area (Å²) < 4.78 is 5.36. The molecule has 0 amide bonds. The molecular weight excluding hydrogens is 272 g/mol. The number of epoxide rings is 1. The Morgan fingerprint density at radius 3 is 2.75 bits per heavy atom. The van der Waals surface area contributed by atoms with E-state index in [0.717, 1.165) is 25.7 Å². The molecule has 1 saturated heterocycles. The average Bonchev–Trinajstić information content (AvgIpc) is 3.02. The van der Waals surface area contributed by atoms with Gasteiger partial charge in [-0.3, -0.25) is 0 Å². The van der Waals surface area contributed by atoms with Crippen molar-refractivity contribution in [1.29, 1.82) is 0 Å². The molecule has 0 aliphatic carbocycles. The highest BCUT2D eigenvalue weighted by Crippen LogP contribution is 2.28. The molecule has 1 aliphatic rings. The Hall–Kier alpha value is 0.100. The molecule has 4 atom stereocenters. The molecule has 2 N–H and O–H groups in total. The van der Waals surface area contributed by atoms with Crippen molar-refractivity contribution in [2.45, 2.75) is 55.7 Å². The normalized spacial score (nSPS) is 28.2. The number of ether oxygens (including phenoxy) is 1. The Morgan fingerprint density at radius 2 is 2.12 bits per heavy atom. The van der Waals surface area contributed by atoms with Gasteiger partial charge in [-0.1, -0.05) is 35.0 Å². The van der Waals surface area contributed by atoms with Gasteiger partial charge in [0, 0.05) is 11.4 Å². The number of halogens is 1. The fourth-order valence-corrected chi connectivity index (χ4v) is 2.23. The van der Waals surface area contributed by atoms with E-state index in [9.17, 15) is 5.11 Å². The van der Waals surface area contributed by atoms with Crippen LogP contribution in [0.15, 0.2) is 12.2 Å². The second kappa shape index (κ2) is 7.43. The first-order valence-electron chi connectivity index (χ1n) is 5.92. The van der Waals surface area contributed by atoms with Gasteiger partial charge in [0.1, 0.15) is 0 Å². The SMILES string of the molecule is CC[C@@H](O)[C@@H](Br)C/C=C\C[C@H]1O[C@H]1CCO. The molecule has 0 spiro atoms. The lowest BCUT2D eigenvalue weighted by molar-refractivity contribution is 0.169. The zero-order valence-electron chi connectivity index (χ0n) is 9.68. The van der Waals surface area contributed by atoms with Crippen LogP contribution in [-0.4, -0.2) is 40.0 Å². The second-order valence-corrected chi connectivity index (χ2v) is 5.34. The summed E-state index contributed by atoms with van der Waals surface area (Å²) in [5.41, 5.74) is 0. The molecule has 0 bridgehead atoms. The average molecular weight is 293 g/mol. The summed E-state index contributed by atoms with van der Waals surface area (Å²) in [5.74, 6) is 0. The van der Waals surface area contributed by atoms with E-state index in [1.807, 2.05) is 6.92 Å². The number of aliphatic hydroxyl groups is 2. The van der Waals surface area contributed by atoms with Crippen LogP contribution >= 0.6 is 15.9 Å². The Morgan fingerprint density at radius 1 is 1.38 bits per heavy atom. The lowest BCUT2D eigenvalue weighted by Crippen LogP contribution is -2.18. The minimum atomic E-state index is -0.274. The quantitative estimate of drug-likeness (QED) is 0.409. The predicted molar refractivity (Wildman–Crippen MR) is 67.8 cm³/mol. The Kier molecular flexibility index (Phi) is 6.58. The third kappa shape index (κ3) is 4.95. The van der Waals surface area contributed by atoms with Gasteiger partial charge in [-0.05, 0) is 25.7 Å². The molecule has 94 valence electrons. The van der Waals surface area contributed by atoms with E-state index < -0.39 is 0 Å². The predicted octanol–water partition coefficient (Wildman–Crippen LogP) is 2.01. The van der Waals surface area contributed by atoms with Crippen molar-refractivity contribution in [3.63, 3.8) is 0 Å². The first-order valence-corrected chi connectivity index (χ1v) is 6.84. The van der Waals surface area contributed by atoms with Crippen molar-refractivity contribution in [1.82, 2.24) is 0 Å². The maximum absolute atomic E-state index is 9.53. The number of allylic oxidation sites excluding steroid dienone is 1. The molecule has 0 saturated carbocycles. The highest BCUT2D eigenvalue weighted by Gasteiger charge is 2.36. The molecule has 0 aromatic carbocycles. The zero-order valence-corrected chi connectivity index (χ0v) is 11.3. The molecule has 16 heavy (non-hydrogen) atoms. The maximum Gasteiger partial charge on any atom is 0.0877 e. The lowest BCUT2D eigenvalue weighted by atomic mass is 10.1. The van der Waals surface area contributed by atoms with Gasteiger partial charge in [-0.2, -0.15) is 0 Å². The van der Waals surface area contributed by atoms with Gasteiger partial charge in [0.2, 0.25) is 0 Å². The van der Waals surface area contributed by atoms with E-state index >= 15 is 0 Å². The van der Waals surface area contributed by atoms with Crippen LogP contribution in [0.25, 0.3) is 0 Å². The molecule has 0 radical (unpaired) electrons. The van der Waals surface area contributed by atoms with Crippen molar-refractivity contribution < 1.29 is 14.9 Å². The van der Waals surface area contributed by atoms with E-state index in [2.05, 4.69) is 28.1 Å². The highest BCUT2D eigenvalue weighted by molar-refractivity contribution is 9.09. The summed E-state index contributed by atoms with van der Waals surface area (Å²) >= 11 is 3.46. The summed E-state index contributed by atoms with van der Waals surface area (Å²) in [6, 6.07) is 0. The fraction of sp³-hybridized carbons (Fsp3) is 0.833. The molecule has 0 aromatic heterocycles. The first kappa shape index (κ1) is 14.2. The van der Waals surface area contributed by atoms with Crippen LogP contribution in [0.4, 0.5) is 0 Å². The van der Waals surface area contributed by atoms with Crippen LogP contribution in [0, 0.1) is 0 Å². The third-order valence-electron chi connectivity index (χ3n) is 2.83. The molecule has 4 heteroatoms. The van der Waals surface area contributed by atoms with Gasteiger partial charge >= 0.3 is 0 Å². The smallest absolute Gasteiger partial charge is 0.0877 e. The number of hydrogen-bond acceptors (Lipinski definition) is 3. The number of aliphatic hydroxyl groups excluding tert-OH is 2. The van der Waals surface area contributed by atoms with Crippen molar-refractivity contribution in [3.8, 4) is 0 Å². The van der Waals surface area contributed by atoms with Crippen LogP contribution in [0.3, 0.4) is 0 Å². The standard InChI is InChI=1S/C12H21BrO3/c1-2-10(15)9(13)5-3-4-6-11-12(16-11)7-8-14/h3-4,9-12,14-15H,2,5-8H2,1H3/b4-3-/t9-,10+,11+,12-/m0/s1. The van der Waals surface area contributed by atoms with Crippen LogP contribution in [0.1, 0.15) is 32.6 Å². The monoisotopic (exact) mass is 292 g/mol. The summed E-state index contributed by atoms with van der Waals surface area (Å²) in [4.78, 5) is 0.141. The number of hydrogen-bond donors (Lipinski definition) is 2. The van der Waals surface area contributed by atoms with Crippen LogP contribution in [-0.2, 0) is 4.74 Å². The molecule has 1 rings (SSSR count). The van der Waals surface area contributed by atoms with Crippen molar-refractivity contribution >= 4 is 15.9 Å². The molecule has 1 aliphatic heterocycles. The molecule has 1 fully saturated rings. The number of rotatable bonds is 8. The van der Waals surface area contributed by atoms with Crippen molar-refractivity contribution in [3.05, 3.63) is 12.2 Å². The van der Waals surface area contributed by atoms with Gasteiger partial charge in [-0.25, -0.2) is 0 Å². The molecule has 0 unspecified atom stereocenters. The summed E-state index contributed by atoms with van der Waals surface area (Å²) in [5, 5.41) is 18.2. The minimum Gasteiger partial charge on any atom is -0.396 e. The van der Waals surface area contributed by atoms with Gasteiger partial charge in [-0.15, -0.1) is 0 Å². The van der Waals surface area contributed by atoms with E-state index in [1.54, 1.807) is 0 Å². The fourth-order valence-electron chi connectivity index (χ4n) is 1.64. The van der Waals surface area contributed by atoms with Crippen molar-refractivity contribution in [2.75, 3.05) is 6.61 Å². The Labute approximate surface area is 106 Å². The van der Waals surface area contributed by atoms with Gasteiger partial charge in [0.15, 0.2) is 0 Å². The Bertz CT molecular complexity index is 220. The topological polar surface area (TPSA) is 53.0 Å². The van der Waals surface area contributed by atoms with E-state index in [0.29, 0.717) is 6.10 Å². The van der Waals surface area contributed by atoms with Gasteiger partial charge < -0.3 is 14.9 Å². The highest BCUT2D eigenvalue weighted by atomic mass is 79.9. The molecule has 1 heterocycles. The summed E-state index contributed by atoms with van der Waals surface area (Å²) in [7, 11) is 0.